The molecule has 80 heavy (non-hydrogen) atoms. The van der Waals surface area contributed by atoms with Crippen LogP contribution in [0.15, 0.2) is 109 Å². The molecule has 0 N–H and O–H groups in total. The van der Waals surface area contributed by atoms with Crippen molar-refractivity contribution in [1.29, 1.82) is 0 Å². The molecule has 0 fully saturated rings. The summed E-state index contributed by atoms with van der Waals surface area (Å²) in [6.07, 6.45) is 92.5. The SMILES string of the molecule is CC/C=C\C/C=C\C/C=C\C/C=C\C/C=C\C/C=C\C/C=C\CCCC(=O)OCC(COC(=O)CCCCCCCCC/C=C\C/C=C\CCCCC)OC(=O)CCCCCCCCCCCCCCCCCCCCCCCC. The Bertz CT molecular complexity index is 1610. The van der Waals surface area contributed by atoms with E-state index in [1.165, 1.54) is 173 Å². The maximum atomic E-state index is 13.0. The Hall–Kier alpha value is -3.93. The summed E-state index contributed by atoms with van der Waals surface area (Å²) in [4.78, 5) is 38.4. The highest BCUT2D eigenvalue weighted by atomic mass is 16.6. The minimum Gasteiger partial charge on any atom is -0.462 e. The highest BCUT2D eigenvalue weighted by Gasteiger charge is 2.19. The number of allylic oxidation sites excluding steroid dienone is 18. The molecule has 0 heterocycles. The van der Waals surface area contributed by atoms with Crippen molar-refractivity contribution >= 4 is 17.9 Å². The Morgan fingerprint density at radius 3 is 0.838 bits per heavy atom. The van der Waals surface area contributed by atoms with Crippen LogP contribution in [-0.4, -0.2) is 37.2 Å². The van der Waals surface area contributed by atoms with Crippen LogP contribution in [0.5, 0.6) is 0 Å². The summed E-state index contributed by atoms with van der Waals surface area (Å²) in [5, 5.41) is 0. The molecular formula is C74H126O6. The van der Waals surface area contributed by atoms with Crippen molar-refractivity contribution in [3.8, 4) is 0 Å². The fourth-order valence-electron chi connectivity index (χ4n) is 9.46. The smallest absolute Gasteiger partial charge is 0.306 e. The van der Waals surface area contributed by atoms with E-state index in [9.17, 15) is 14.4 Å². The summed E-state index contributed by atoms with van der Waals surface area (Å²) in [5.41, 5.74) is 0. The van der Waals surface area contributed by atoms with Crippen molar-refractivity contribution in [1.82, 2.24) is 0 Å². The average Bonchev–Trinajstić information content (AvgIpc) is 3.46. The fourth-order valence-corrected chi connectivity index (χ4v) is 9.46. The van der Waals surface area contributed by atoms with Crippen molar-refractivity contribution in [2.45, 2.75) is 329 Å². The minimum atomic E-state index is -0.807. The first-order valence-electron chi connectivity index (χ1n) is 33.9. The molecule has 0 aromatic heterocycles. The van der Waals surface area contributed by atoms with E-state index < -0.39 is 6.10 Å². The van der Waals surface area contributed by atoms with Crippen molar-refractivity contribution in [3.63, 3.8) is 0 Å². The van der Waals surface area contributed by atoms with Gasteiger partial charge >= 0.3 is 17.9 Å². The molecule has 0 aromatic rings. The van der Waals surface area contributed by atoms with Gasteiger partial charge in [0, 0.05) is 19.3 Å². The van der Waals surface area contributed by atoms with Gasteiger partial charge in [-0.25, -0.2) is 0 Å². The van der Waals surface area contributed by atoms with Gasteiger partial charge in [0.25, 0.3) is 0 Å². The normalized spacial score (nSPS) is 12.8. The van der Waals surface area contributed by atoms with Crippen LogP contribution in [0, 0.1) is 0 Å². The van der Waals surface area contributed by atoms with Gasteiger partial charge < -0.3 is 14.2 Å². The van der Waals surface area contributed by atoms with Crippen molar-refractivity contribution in [2.75, 3.05) is 13.2 Å². The highest BCUT2D eigenvalue weighted by Crippen LogP contribution is 2.17. The topological polar surface area (TPSA) is 78.9 Å². The molecule has 0 aliphatic carbocycles. The number of rotatable bonds is 61. The van der Waals surface area contributed by atoms with Gasteiger partial charge in [-0.15, -0.1) is 0 Å². The molecule has 0 radical (unpaired) electrons. The van der Waals surface area contributed by atoms with Crippen LogP contribution in [0.2, 0.25) is 0 Å². The Balaban J connectivity index is 4.46. The second-order valence-electron chi connectivity index (χ2n) is 22.4. The second kappa shape index (κ2) is 67.6. The zero-order valence-electron chi connectivity index (χ0n) is 52.6. The van der Waals surface area contributed by atoms with Crippen molar-refractivity contribution in [3.05, 3.63) is 109 Å². The maximum absolute atomic E-state index is 13.0. The zero-order valence-corrected chi connectivity index (χ0v) is 52.6. The van der Waals surface area contributed by atoms with Crippen LogP contribution in [0.4, 0.5) is 0 Å². The molecule has 1 unspecified atom stereocenters. The lowest BCUT2D eigenvalue weighted by Crippen LogP contribution is -2.30. The molecular weight excluding hydrogens is 985 g/mol. The Labute approximate surface area is 495 Å². The zero-order chi connectivity index (χ0) is 57.8. The third kappa shape index (κ3) is 64.9. The van der Waals surface area contributed by atoms with Crippen LogP contribution >= 0.6 is 0 Å². The minimum absolute atomic E-state index is 0.0990. The van der Waals surface area contributed by atoms with E-state index in [2.05, 4.69) is 130 Å². The van der Waals surface area contributed by atoms with Crippen LogP contribution < -0.4 is 0 Å². The number of unbranched alkanes of at least 4 members (excludes halogenated alkanes) is 32. The standard InChI is InChI=1S/C74H126O6/c1-4-7-10-13-16-19-22-25-28-31-33-35-37-39-40-43-46-49-52-55-58-61-64-67-73(76)79-70-71(69-78-72(75)66-63-60-57-54-51-48-45-42-30-27-24-21-18-15-12-9-6-3)80-74(77)68-65-62-59-56-53-50-47-44-41-38-36-34-32-29-26-23-20-17-14-11-8-5-2/h7,10,16,18-19,21,25,27-28,30,33,35,39-40,46,49,55,58,71H,4-6,8-9,11-15,17,20,22-24,26,29,31-32,34,36-38,41-45,47-48,50-54,56-57,59-70H2,1-3H3/b10-7-,19-16-,21-18-,28-25-,30-27-,35-33-,40-39-,49-46-,58-55-. The number of ether oxygens (including phenoxy) is 3. The highest BCUT2D eigenvalue weighted by molar-refractivity contribution is 5.71. The molecule has 0 amide bonds. The molecule has 1 atom stereocenters. The summed E-state index contributed by atoms with van der Waals surface area (Å²) < 4.78 is 16.9. The molecule has 0 saturated carbocycles. The summed E-state index contributed by atoms with van der Waals surface area (Å²) >= 11 is 0. The molecule has 0 rings (SSSR count). The lowest BCUT2D eigenvalue weighted by molar-refractivity contribution is -0.167. The third-order valence-corrected chi connectivity index (χ3v) is 14.5. The van der Waals surface area contributed by atoms with Gasteiger partial charge in [0.1, 0.15) is 13.2 Å². The predicted octanol–water partition coefficient (Wildman–Crippen LogP) is 23.4. The predicted molar refractivity (Wildman–Crippen MR) is 348 cm³/mol. The van der Waals surface area contributed by atoms with E-state index in [0.29, 0.717) is 19.3 Å². The van der Waals surface area contributed by atoms with Crippen molar-refractivity contribution < 1.29 is 28.6 Å². The lowest BCUT2D eigenvalue weighted by atomic mass is 10.0. The van der Waals surface area contributed by atoms with Crippen LogP contribution in [0.1, 0.15) is 323 Å². The van der Waals surface area contributed by atoms with Gasteiger partial charge in [-0.05, 0) is 103 Å². The van der Waals surface area contributed by atoms with E-state index >= 15 is 0 Å². The largest absolute Gasteiger partial charge is 0.462 e. The number of carbonyl (C=O) groups is 3. The van der Waals surface area contributed by atoms with Crippen molar-refractivity contribution in [2.24, 2.45) is 0 Å². The van der Waals surface area contributed by atoms with Gasteiger partial charge in [0.2, 0.25) is 0 Å². The first-order valence-corrected chi connectivity index (χ1v) is 33.9. The molecule has 0 aliphatic rings. The number of carbonyl (C=O) groups excluding carboxylic acids is 3. The number of hydrogen-bond donors (Lipinski definition) is 0. The summed E-state index contributed by atoms with van der Waals surface area (Å²) in [6.45, 7) is 6.49. The first-order chi connectivity index (χ1) is 39.5. The molecule has 0 spiro atoms. The van der Waals surface area contributed by atoms with Gasteiger partial charge in [-0.3, -0.25) is 14.4 Å². The Morgan fingerprint density at radius 2 is 0.500 bits per heavy atom. The van der Waals surface area contributed by atoms with Gasteiger partial charge in [-0.2, -0.15) is 0 Å². The molecule has 6 nitrogen and oxygen atoms in total. The summed E-state index contributed by atoms with van der Waals surface area (Å²) in [5.74, 6) is -0.955. The van der Waals surface area contributed by atoms with E-state index in [1.54, 1.807) is 0 Å². The monoisotopic (exact) mass is 1110 g/mol. The van der Waals surface area contributed by atoms with E-state index in [4.69, 9.17) is 14.2 Å². The molecule has 0 aromatic carbocycles. The summed E-state index contributed by atoms with van der Waals surface area (Å²) in [6, 6.07) is 0. The molecule has 0 saturated heterocycles. The quantitative estimate of drug-likeness (QED) is 0.0261. The van der Waals surface area contributed by atoms with E-state index in [-0.39, 0.29) is 37.5 Å². The Kier molecular flexibility index (Phi) is 64.3. The lowest BCUT2D eigenvalue weighted by Gasteiger charge is -2.18. The Morgan fingerprint density at radius 1 is 0.263 bits per heavy atom. The fraction of sp³-hybridized carbons (Fsp3) is 0.716. The van der Waals surface area contributed by atoms with Gasteiger partial charge in [-0.1, -0.05) is 310 Å². The number of hydrogen-bond acceptors (Lipinski definition) is 6. The van der Waals surface area contributed by atoms with E-state index in [1.807, 2.05) is 0 Å². The van der Waals surface area contributed by atoms with Gasteiger partial charge in [0.15, 0.2) is 6.10 Å². The number of esters is 3. The van der Waals surface area contributed by atoms with Gasteiger partial charge in [0.05, 0.1) is 0 Å². The summed E-state index contributed by atoms with van der Waals surface area (Å²) in [7, 11) is 0. The second-order valence-corrected chi connectivity index (χ2v) is 22.4. The molecule has 6 heteroatoms. The van der Waals surface area contributed by atoms with Crippen LogP contribution in [-0.2, 0) is 28.6 Å². The maximum Gasteiger partial charge on any atom is 0.306 e. The molecule has 458 valence electrons. The van der Waals surface area contributed by atoms with E-state index in [0.717, 1.165) is 103 Å². The molecule has 0 aliphatic heterocycles. The van der Waals surface area contributed by atoms with Crippen LogP contribution in [0.3, 0.4) is 0 Å². The average molecular weight is 1110 g/mol. The third-order valence-electron chi connectivity index (χ3n) is 14.5. The van der Waals surface area contributed by atoms with Crippen LogP contribution in [0.25, 0.3) is 0 Å². The first kappa shape index (κ1) is 76.1. The molecule has 0 bridgehead atoms.